The van der Waals surface area contributed by atoms with Gasteiger partial charge in [-0.1, -0.05) is 23.6 Å². The Bertz CT molecular complexity index is 246. The maximum Gasteiger partial charge on any atom is 0.104 e. The van der Waals surface area contributed by atoms with Crippen LogP contribution in [0.3, 0.4) is 0 Å². The van der Waals surface area contributed by atoms with E-state index < -0.39 is 6.10 Å². The van der Waals surface area contributed by atoms with Crippen LogP contribution in [-0.4, -0.2) is 14.7 Å². The minimum Gasteiger partial charge on any atom is -0.386 e. The van der Waals surface area contributed by atoms with E-state index in [-0.39, 0.29) is 0 Å². The maximum absolute atomic E-state index is 9.55. The largest absolute Gasteiger partial charge is 0.386 e. The first kappa shape index (κ1) is 9.35. The van der Waals surface area contributed by atoms with Gasteiger partial charge in [0.2, 0.25) is 0 Å². The first-order valence-corrected chi connectivity index (χ1v) is 4.69. The highest BCUT2D eigenvalue weighted by molar-refractivity contribution is 7.03. The number of aliphatic hydroxyl groups excluding tert-OH is 1. The minimum absolute atomic E-state index is 0.531. The monoisotopic (exact) mass is 184 g/mol. The lowest BCUT2D eigenvalue weighted by Crippen LogP contribution is -1.98. The Hall–Kier alpha value is -0.740. The molecule has 1 aromatic rings. The fourth-order valence-electron chi connectivity index (χ4n) is 0.839. The van der Waals surface area contributed by atoms with Gasteiger partial charge in [0.1, 0.15) is 11.8 Å². The van der Waals surface area contributed by atoms with E-state index in [0.29, 0.717) is 12.1 Å². The van der Waals surface area contributed by atoms with E-state index in [4.69, 9.17) is 0 Å². The third kappa shape index (κ3) is 2.39. The third-order valence-electron chi connectivity index (χ3n) is 1.70. The highest BCUT2D eigenvalue weighted by Gasteiger charge is 2.10. The Morgan fingerprint density at radius 2 is 2.58 bits per heavy atom. The molecule has 0 radical (unpaired) electrons. The molecule has 0 aromatic carbocycles. The molecule has 0 amide bonds. The summed E-state index contributed by atoms with van der Waals surface area (Å²) >= 11 is 1.25. The Kier molecular flexibility index (Phi) is 3.37. The van der Waals surface area contributed by atoms with Crippen LogP contribution in [0.15, 0.2) is 17.5 Å². The van der Waals surface area contributed by atoms with E-state index in [1.165, 1.54) is 11.5 Å². The molecular formula is C8H12N2OS. The summed E-state index contributed by atoms with van der Waals surface area (Å²) in [5.74, 6) is 0. The summed E-state index contributed by atoms with van der Waals surface area (Å²) in [5, 5.41) is 15.1. The van der Waals surface area contributed by atoms with Crippen LogP contribution in [0.25, 0.3) is 0 Å². The molecule has 0 aliphatic rings. The van der Waals surface area contributed by atoms with Crippen LogP contribution < -0.4 is 0 Å². The molecule has 0 fully saturated rings. The quantitative estimate of drug-likeness (QED) is 0.727. The van der Waals surface area contributed by atoms with Gasteiger partial charge in [0.05, 0.1) is 0 Å². The zero-order chi connectivity index (χ0) is 8.97. The molecule has 0 aliphatic heterocycles. The van der Waals surface area contributed by atoms with Gasteiger partial charge in [0.25, 0.3) is 0 Å². The lowest BCUT2D eigenvalue weighted by Gasteiger charge is -2.07. The van der Waals surface area contributed by atoms with Crippen molar-refractivity contribution in [3.05, 3.63) is 23.2 Å². The van der Waals surface area contributed by atoms with Crippen LogP contribution in [0, 0.1) is 0 Å². The normalized spacial score (nSPS) is 12.8. The van der Waals surface area contributed by atoms with Crippen LogP contribution >= 0.6 is 11.5 Å². The van der Waals surface area contributed by atoms with E-state index in [2.05, 4.69) is 16.2 Å². The summed E-state index contributed by atoms with van der Waals surface area (Å²) in [4.78, 5) is 0. The first-order chi connectivity index (χ1) is 5.74. The second kappa shape index (κ2) is 4.33. The lowest BCUT2D eigenvalue weighted by atomic mass is 10.1. The zero-order valence-corrected chi connectivity index (χ0v) is 7.84. The number of aromatic nitrogens is 2. The average molecular weight is 184 g/mol. The van der Waals surface area contributed by atoms with Gasteiger partial charge in [-0.15, -0.1) is 5.10 Å². The van der Waals surface area contributed by atoms with E-state index in [1.54, 1.807) is 5.38 Å². The highest BCUT2D eigenvalue weighted by Crippen LogP contribution is 2.19. The molecule has 1 atom stereocenters. The molecule has 4 heteroatoms. The van der Waals surface area contributed by atoms with E-state index in [0.717, 1.165) is 12.0 Å². The van der Waals surface area contributed by atoms with Gasteiger partial charge in [0, 0.05) is 5.38 Å². The predicted octanol–water partition coefficient (Wildman–Crippen LogP) is 1.93. The number of hydrogen-bond donors (Lipinski definition) is 1. The van der Waals surface area contributed by atoms with Gasteiger partial charge in [-0.3, -0.25) is 0 Å². The molecule has 1 heterocycles. The maximum atomic E-state index is 9.55. The molecular weight excluding hydrogens is 172 g/mol. The molecule has 1 N–H and O–H groups in total. The molecule has 0 saturated heterocycles. The first-order valence-electron chi connectivity index (χ1n) is 3.85. The number of hydrogen-bond acceptors (Lipinski definition) is 4. The van der Waals surface area contributed by atoms with Crippen molar-refractivity contribution in [1.29, 1.82) is 0 Å². The van der Waals surface area contributed by atoms with Crippen molar-refractivity contribution < 1.29 is 5.11 Å². The summed E-state index contributed by atoms with van der Waals surface area (Å²) in [6, 6.07) is 0. The smallest absolute Gasteiger partial charge is 0.104 e. The van der Waals surface area contributed by atoms with Gasteiger partial charge < -0.3 is 5.11 Å². The molecule has 0 aliphatic carbocycles. The summed E-state index contributed by atoms with van der Waals surface area (Å²) in [6.07, 6.45) is 0.951. The molecule has 1 unspecified atom stereocenters. The minimum atomic E-state index is -0.531. The standard InChI is InChI=1S/C8H12N2OS/c1-3-6(2)4-8(11)7-5-12-10-9-7/h5,8,11H,2-4H2,1H3. The SMILES string of the molecule is C=C(CC)CC(O)c1csnn1. The predicted molar refractivity (Wildman–Crippen MR) is 48.9 cm³/mol. The molecule has 0 bridgehead atoms. The Morgan fingerprint density at radius 1 is 1.83 bits per heavy atom. The van der Waals surface area contributed by atoms with Crippen LogP contribution in [0.2, 0.25) is 0 Å². The van der Waals surface area contributed by atoms with Gasteiger partial charge in [-0.25, -0.2) is 0 Å². The Labute approximate surface area is 75.9 Å². The number of rotatable bonds is 4. The summed E-state index contributed by atoms with van der Waals surface area (Å²) in [5.41, 5.74) is 1.69. The highest BCUT2D eigenvalue weighted by atomic mass is 32.1. The zero-order valence-electron chi connectivity index (χ0n) is 7.03. The van der Waals surface area contributed by atoms with E-state index in [1.807, 2.05) is 6.92 Å². The van der Waals surface area contributed by atoms with Gasteiger partial charge in [0.15, 0.2) is 0 Å². The second-order valence-electron chi connectivity index (χ2n) is 2.65. The topological polar surface area (TPSA) is 46.0 Å². The molecule has 12 heavy (non-hydrogen) atoms. The van der Waals surface area contributed by atoms with Gasteiger partial charge >= 0.3 is 0 Å². The fourth-order valence-corrected chi connectivity index (χ4v) is 1.34. The molecule has 0 saturated carbocycles. The average Bonchev–Trinajstić information content (AvgIpc) is 2.56. The molecule has 1 rings (SSSR count). The molecule has 0 spiro atoms. The van der Waals surface area contributed by atoms with Crippen molar-refractivity contribution in [2.24, 2.45) is 0 Å². The van der Waals surface area contributed by atoms with Crippen LogP contribution in [0.1, 0.15) is 31.6 Å². The summed E-state index contributed by atoms with van der Waals surface area (Å²) in [6.45, 7) is 5.84. The summed E-state index contributed by atoms with van der Waals surface area (Å²) < 4.78 is 3.68. The van der Waals surface area contributed by atoms with Gasteiger partial charge in [-0.2, -0.15) is 0 Å². The molecule has 66 valence electrons. The molecule has 1 aromatic heterocycles. The number of nitrogens with zero attached hydrogens (tertiary/aromatic N) is 2. The van der Waals surface area contributed by atoms with Crippen LogP contribution in [0.4, 0.5) is 0 Å². The van der Waals surface area contributed by atoms with Crippen LogP contribution in [0.5, 0.6) is 0 Å². The fraction of sp³-hybridized carbons (Fsp3) is 0.500. The Morgan fingerprint density at radius 3 is 3.08 bits per heavy atom. The van der Waals surface area contributed by atoms with E-state index >= 15 is 0 Å². The second-order valence-corrected chi connectivity index (χ2v) is 3.26. The van der Waals surface area contributed by atoms with Crippen molar-refractivity contribution in [2.45, 2.75) is 25.9 Å². The van der Waals surface area contributed by atoms with Crippen molar-refractivity contribution >= 4 is 11.5 Å². The van der Waals surface area contributed by atoms with Gasteiger partial charge in [-0.05, 0) is 24.4 Å². The van der Waals surface area contributed by atoms with Crippen LogP contribution in [-0.2, 0) is 0 Å². The van der Waals surface area contributed by atoms with Crippen molar-refractivity contribution in [3.8, 4) is 0 Å². The Balaban J connectivity index is 2.49. The van der Waals surface area contributed by atoms with Crippen molar-refractivity contribution in [1.82, 2.24) is 9.59 Å². The summed E-state index contributed by atoms with van der Waals surface area (Å²) in [7, 11) is 0. The van der Waals surface area contributed by atoms with Crippen molar-refractivity contribution in [2.75, 3.05) is 0 Å². The lowest BCUT2D eigenvalue weighted by molar-refractivity contribution is 0.172. The van der Waals surface area contributed by atoms with E-state index in [9.17, 15) is 5.11 Å². The molecule has 3 nitrogen and oxygen atoms in total. The van der Waals surface area contributed by atoms with Crippen molar-refractivity contribution in [3.63, 3.8) is 0 Å². The number of aliphatic hydroxyl groups is 1. The third-order valence-corrected chi connectivity index (χ3v) is 2.22.